The molecule has 0 fully saturated rings. The maximum absolute atomic E-state index is 2.44. The first-order valence-corrected chi connectivity index (χ1v) is 5.88. The summed E-state index contributed by atoms with van der Waals surface area (Å²) in [4.78, 5) is 2.44. The Kier molecular flexibility index (Phi) is 5.14. The molecule has 1 unspecified atom stereocenters. The van der Waals surface area contributed by atoms with E-state index in [0.29, 0.717) is 11.5 Å². The van der Waals surface area contributed by atoms with Crippen LogP contribution in [0.5, 0.6) is 0 Å². The van der Waals surface area contributed by atoms with E-state index in [0.717, 1.165) is 11.8 Å². The summed E-state index contributed by atoms with van der Waals surface area (Å²) in [5.74, 6) is 1.54. The maximum Gasteiger partial charge on any atom is 0.00357 e. The largest absolute Gasteiger partial charge is 0.303 e. The highest BCUT2D eigenvalue weighted by atomic mass is 15.1. The zero-order valence-electron chi connectivity index (χ0n) is 11.4. The van der Waals surface area contributed by atoms with Gasteiger partial charge in [0.1, 0.15) is 0 Å². The van der Waals surface area contributed by atoms with Crippen molar-refractivity contribution in [1.29, 1.82) is 0 Å². The van der Waals surface area contributed by atoms with Gasteiger partial charge in [-0.05, 0) is 38.1 Å². The van der Waals surface area contributed by atoms with Gasteiger partial charge in [-0.15, -0.1) is 0 Å². The highest BCUT2D eigenvalue weighted by Gasteiger charge is 2.29. The lowest BCUT2D eigenvalue weighted by Crippen LogP contribution is -2.40. The molecule has 0 saturated heterocycles. The van der Waals surface area contributed by atoms with Gasteiger partial charge in [-0.25, -0.2) is 0 Å². The molecule has 1 atom stereocenters. The van der Waals surface area contributed by atoms with Crippen LogP contribution in [0.15, 0.2) is 0 Å². The van der Waals surface area contributed by atoms with Crippen molar-refractivity contribution in [2.24, 2.45) is 17.3 Å². The molecular weight excluding hydrogens is 170 g/mol. The van der Waals surface area contributed by atoms with E-state index in [1.165, 1.54) is 6.54 Å². The number of hydrogen-bond donors (Lipinski definition) is 0. The molecule has 1 nitrogen and oxygen atoms in total. The number of nitrogens with zero attached hydrogens (tertiary/aromatic N) is 1. The standard InChI is InChI=1S/C13H29N/c1-10(2)12(5)13(6,7)9-14(8)11(3)4/h10-12H,9H2,1-8H3. The Morgan fingerprint density at radius 1 is 1.00 bits per heavy atom. The summed E-state index contributed by atoms with van der Waals surface area (Å²) >= 11 is 0. The van der Waals surface area contributed by atoms with E-state index in [1.807, 2.05) is 0 Å². The molecule has 0 radical (unpaired) electrons. The van der Waals surface area contributed by atoms with Crippen LogP contribution in [-0.2, 0) is 0 Å². The van der Waals surface area contributed by atoms with Crippen molar-refractivity contribution in [3.8, 4) is 0 Å². The van der Waals surface area contributed by atoms with Crippen molar-refractivity contribution < 1.29 is 0 Å². The first-order chi connectivity index (χ1) is 6.18. The summed E-state index contributed by atoms with van der Waals surface area (Å²) in [6, 6.07) is 0.647. The summed E-state index contributed by atoms with van der Waals surface area (Å²) in [6.07, 6.45) is 0. The molecule has 86 valence electrons. The third-order valence-corrected chi connectivity index (χ3v) is 3.77. The first-order valence-electron chi connectivity index (χ1n) is 5.88. The predicted molar refractivity (Wildman–Crippen MR) is 65.5 cm³/mol. The Morgan fingerprint density at radius 2 is 1.43 bits per heavy atom. The lowest BCUT2D eigenvalue weighted by molar-refractivity contribution is 0.0997. The minimum Gasteiger partial charge on any atom is -0.303 e. The van der Waals surface area contributed by atoms with Gasteiger partial charge in [-0.1, -0.05) is 34.6 Å². The van der Waals surface area contributed by atoms with Gasteiger partial charge in [0.25, 0.3) is 0 Å². The summed E-state index contributed by atoms with van der Waals surface area (Å²) in [6.45, 7) is 17.5. The van der Waals surface area contributed by atoms with Crippen LogP contribution in [0.4, 0.5) is 0 Å². The molecular formula is C13H29N. The minimum absolute atomic E-state index is 0.410. The minimum atomic E-state index is 0.410. The van der Waals surface area contributed by atoms with Gasteiger partial charge in [-0.2, -0.15) is 0 Å². The smallest absolute Gasteiger partial charge is 0.00357 e. The molecule has 0 rings (SSSR count). The highest BCUT2D eigenvalue weighted by molar-refractivity contribution is 4.80. The molecule has 14 heavy (non-hydrogen) atoms. The molecule has 0 aliphatic carbocycles. The molecule has 0 heterocycles. The number of hydrogen-bond acceptors (Lipinski definition) is 1. The second-order valence-corrected chi connectivity index (χ2v) is 6.03. The van der Waals surface area contributed by atoms with E-state index in [1.54, 1.807) is 0 Å². The zero-order chi connectivity index (χ0) is 11.5. The van der Waals surface area contributed by atoms with E-state index in [-0.39, 0.29) is 0 Å². The molecule has 0 amide bonds. The van der Waals surface area contributed by atoms with Crippen LogP contribution in [0.2, 0.25) is 0 Å². The van der Waals surface area contributed by atoms with Gasteiger partial charge in [0, 0.05) is 12.6 Å². The monoisotopic (exact) mass is 199 g/mol. The van der Waals surface area contributed by atoms with Crippen molar-refractivity contribution in [1.82, 2.24) is 4.90 Å². The molecule has 1 heteroatoms. The second-order valence-electron chi connectivity index (χ2n) is 6.03. The first kappa shape index (κ1) is 14.0. The van der Waals surface area contributed by atoms with Gasteiger partial charge in [0.15, 0.2) is 0 Å². The Bertz CT molecular complexity index is 159. The molecule has 0 spiro atoms. The average Bonchev–Trinajstić information content (AvgIpc) is 2.01. The van der Waals surface area contributed by atoms with Crippen LogP contribution >= 0.6 is 0 Å². The van der Waals surface area contributed by atoms with Crippen LogP contribution in [-0.4, -0.2) is 24.5 Å². The van der Waals surface area contributed by atoms with Gasteiger partial charge in [-0.3, -0.25) is 0 Å². The topological polar surface area (TPSA) is 3.24 Å². The molecule has 0 aromatic heterocycles. The van der Waals surface area contributed by atoms with Crippen LogP contribution in [0.25, 0.3) is 0 Å². The Balaban J connectivity index is 4.32. The molecule has 0 N–H and O–H groups in total. The summed E-state index contributed by atoms with van der Waals surface area (Å²) in [5, 5.41) is 0. The van der Waals surface area contributed by atoms with Crippen molar-refractivity contribution in [2.75, 3.05) is 13.6 Å². The molecule has 0 bridgehead atoms. The van der Waals surface area contributed by atoms with Crippen molar-refractivity contribution >= 4 is 0 Å². The normalized spacial score (nSPS) is 15.6. The summed E-state index contributed by atoms with van der Waals surface area (Å²) < 4.78 is 0. The average molecular weight is 199 g/mol. The fraction of sp³-hybridized carbons (Fsp3) is 1.00. The van der Waals surface area contributed by atoms with Crippen molar-refractivity contribution in [3.05, 3.63) is 0 Å². The Hall–Kier alpha value is -0.0400. The lowest BCUT2D eigenvalue weighted by atomic mass is 9.73. The van der Waals surface area contributed by atoms with Gasteiger partial charge in [0.05, 0.1) is 0 Å². The zero-order valence-corrected chi connectivity index (χ0v) is 11.4. The second kappa shape index (κ2) is 5.16. The molecule has 0 aromatic rings. The van der Waals surface area contributed by atoms with E-state index >= 15 is 0 Å². The SMILES string of the molecule is CC(C)C(C)C(C)(C)CN(C)C(C)C. The lowest BCUT2D eigenvalue weighted by Gasteiger charge is -2.39. The summed E-state index contributed by atoms with van der Waals surface area (Å²) in [7, 11) is 2.22. The van der Waals surface area contributed by atoms with Gasteiger partial charge >= 0.3 is 0 Å². The van der Waals surface area contributed by atoms with Gasteiger partial charge < -0.3 is 4.90 Å². The van der Waals surface area contributed by atoms with Crippen LogP contribution < -0.4 is 0 Å². The highest BCUT2D eigenvalue weighted by Crippen LogP contribution is 2.33. The third-order valence-electron chi connectivity index (χ3n) is 3.77. The number of rotatable bonds is 5. The quantitative estimate of drug-likeness (QED) is 0.653. The predicted octanol–water partition coefficient (Wildman–Crippen LogP) is 3.64. The van der Waals surface area contributed by atoms with Crippen molar-refractivity contribution in [2.45, 2.75) is 54.5 Å². The van der Waals surface area contributed by atoms with Gasteiger partial charge in [0.2, 0.25) is 0 Å². The Morgan fingerprint density at radius 3 is 1.71 bits per heavy atom. The fourth-order valence-corrected chi connectivity index (χ4v) is 1.87. The van der Waals surface area contributed by atoms with E-state index in [2.05, 4.69) is 60.4 Å². The van der Waals surface area contributed by atoms with Crippen LogP contribution in [0.1, 0.15) is 48.5 Å². The maximum atomic E-state index is 2.44. The molecule has 0 saturated carbocycles. The van der Waals surface area contributed by atoms with E-state index in [4.69, 9.17) is 0 Å². The van der Waals surface area contributed by atoms with E-state index in [9.17, 15) is 0 Å². The molecule has 0 aromatic carbocycles. The molecule has 0 aliphatic heterocycles. The summed E-state index contributed by atoms with van der Waals surface area (Å²) in [5.41, 5.74) is 0.410. The van der Waals surface area contributed by atoms with Crippen LogP contribution in [0, 0.1) is 17.3 Å². The van der Waals surface area contributed by atoms with E-state index < -0.39 is 0 Å². The molecule has 0 aliphatic rings. The fourth-order valence-electron chi connectivity index (χ4n) is 1.87. The third kappa shape index (κ3) is 4.00. The van der Waals surface area contributed by atoms with Crippen LogP contribution in [0.3, 0.4) is 0 Å². The Labute approximate surface area is 90.9 Å². The van der Waals surface area contributed by atoms with Crippen molar-refractivity contribution in [3.63, 3.8) is 0 Å².